The van der Waals surface area contributed by atoms with Gasteiger partial charge in [0.15, 0.2) is 0 Å². The van der Waals surface area contributed by atoms with Crippen LogP contribution >= 0.6 is 11.6 Å². The molecule has 18 heavy (non-hydrogen) atoms. The molecule has 0 heterocycles. The molecule has 3 heteroatoms. The molecule has 1 fully saturated rings. The number of hydrogen-bond acceptors (Lipinski definition) is 1. The zero-order valence-electron chi connectivity index (χ0n) is 11.1. The van der Waals surface area contributed by atoms with Gasteiger partial charge in [0.05, 0.1) is 0 Å². The lowest BCUT2D eigenvalue weighted by molar-refractivity contribution is 0.125. The molecular weight excluding hydrogens is 249 g/mol. The van der Waals surface area contributed by atoms with Crippen LogP contribution in [-0.4, -0.2) is 12.6 Å². The van der Waals surface area contributed by atoms with Gasteiger partial charge in [0, 0.05) is 17.6 Å². The smallest absolute Gasteiger partial charge is 0.126 e. The van der Waals surface area contributed by atoms with Crippen molar-refractivity contribution in [2.24, 2.45) is 5.41 Å². The topological polar surface area (TPSA) is 12.0 Å². The number of halogens is 2. The fourth-order valence-electron chi connectivity index (χ4n) is 2.60. The van der Waals surface area contributed by atoms with Gasteiger partial charge in [0.25, 0.3) is 0 Å². The van der Waals surface area contributed by atoms with Crippen LogP contribution in [0, 0.1) is 11.2 Å². The standard InChI is InChI=1S/C15H21ClFN/c1-11(2)18-10-15(6-3-7-15)9-12-8-13(16)4-5-14(12)17/h4-5,8,11,18H,3,6-7,9-10H2,1-2H3. The van der Waals surface area contributed by atoms with Crippen molar-refractivity contribution in [3.63, 3.8) is 0 Å². The maximum Gasteiger partial charge on any atom is 0.126 e. The summed E-state index contributed by atoms with van der Waals surface area (Å²) >= 11 is 5.95. The molecule has 0 unspecified atom stereocenters. The lowest BCUT2D eigenvalue weighted by Gasteiger charge is -2.43. The average molecular weight is 270 g/mol. The third kappa shape index (κ3) is 3.24. The Morgan fingerprint density at radius 2 is 2.11 bits per heavy atom. The van der Waals surface area contributed by atoms with E-state index in [9.17, 15) is 4.39 Å². The molecule has 1 aliphatic rings. The molecule has 1 N–H and O–H groups in total. The van der Waals surface area contributed by atoms with E-state index in [1.54, 1.807) is 12.1 Å². The van der Waals surface area contributed by atoms with Gasteiger partial charge in [-0.1, -0.05) is 31.9 Å². The Balaban J connectivity index is 2.07. The highest BCUT2D eigenvalue weighted by atomic mass is 35.5. The van der Waals surface area contributed by atoms with Gasteiger partial charge in [-0.3, -0.25) is 0 Å². The van der Waals surface area contributed by atoms with Crippen molar-refractivity contribution in [3.8, 4) is 0 Å². The molecule has 0 atom stereocenters. The first-order valence-electron chi connectivity index (χ1n) is 6.68. The first-order valence-corrected chi connectivity index (χ1v) is 7.06. The summed E-state index contributed by atoms with van der Waals surface area (Å²) in [5.74, 6) is -0.129. The van der Waals surface area contributed by atoms with E-state index >= 15 is 0 Å². The minimum atomic E-state index is -0.129. The zero-order chi connectivity index (χ0) is 13.2. The molecule has 1 nitrogen and oxygen atoms in total. The Morgan fingerprint density at radius 3 is 2.67 bits per heavy atom. The average Bonchev–Trinajstić information content (AvgIpc) is 2.26. The largest absolute Gasteiger partial charge is 0.314 e. The molecule has 0 saturated heterocycles. The summed E-state index contributed by atoms with van der Waals surface area (Å²) in [6.07, 6.45) is 4.40. The molecule has 100 valence electrons. The van der Waals surface area contributed by atoms with E-state index in [1.165, 1.54) is 25.3 Å². The predicted molar refractivity (Wildman–Crippen MR) is 74.5 cm³/mol. The number of hydrogen-bond donors (Lipinski definition) is 1. The molecule has 0 radical (unpaired) electrons. The van der Waals surface area contributed by atoms with Crippen LogP contribution in [0.25, 0.3) is 0 Å². The second kappa shape index (κ2) is 5.58. The molecule has 0 aliphatic heterocycles. The Hall–Kier alpha value is -0.600. The summed E-state index contributed by atoms with van der Waals surface area (Å²) in [6.45, 7) is 5.26. The summed E-state index contributed by atoms with van der Waals surface area (Å²) < 4.78 is 13.8. The highest BCUT2D eigenvalue weighted by molar-refractivity contribution is 6.30. The monoisotopic (exact) mass is 269 g/mol. The van der Waals surface area contributed by atoms with Crippen LogP contribution in [-0.2, 0) is 6.42 Å². The normalized spacial score (nSPS) is 17.8. The maximum absolute atomic E-state index is 13.8. The van der Waals surface area contributed by atoms with Crippen LogP contribution in [0.5, 0.6) is 0 Å². The van der Waals surface area contributed by atoms with Crippen molar-refractivity contribution in [1.82, 2.24) is 5.32 Å². The van der Waals surface area contributed by atoms with E-state index < -0.39 is 0 Å². The van der Waals surface area contributed by atoms with Crippen LogP contribution < -0.4 is 5.32 Å². The third-order valence-corrected chi connectivity index (χ3v) is 4.11. The van der Waals surface area contributed by atoms with Crippen molar-refractivity contribution in [1.29, 1.82) is 0 Å². The van der Waals surface area contributed by atoms with Gasteiger partial charge in [-0.05, 0) is 48.4 Å². The summed E-state index contributed by atoms with van der Waals surface area (Å²) in [6, 6.07) is 5.33. The van der Waals surface area contributed by atoms with Crippen molar-refractivity contribution < 1.29 is 4.39 Å². The molecule has 1 aromatic carbocycles. The minimum Gasteiger partial charge on any atom is -0.314 e. The van der Waals surface area contributed by atoms with Crippen LogP contribution in [0.2, 0.25) is 5.02 Å². The number of nitrogens with one attached hydrogen (secondary N) is 1. The molecule has 1 saturated carbocycles. The summed E-state index contributed by atoms with van der Waals surface area (Å²) in [4.78, 5) is 0. The van der Waals surface area contributed by atoms with Gasteiger partial charge in [-0.25, -0.2) is 4.39 Å². The van der Waals surface area contributed by atoms with Crippen molar-refractivity contribution >= 4 is 11.6 Å². The van der Waals surface area contributed by atoms with Crippen LogP contribution in [0.15, 0.2) is 18.2 Å². The van der Waals surface area contributed by atoms with Gasteiger partial charge in [0.2, 0.25) is 0 Å². The maximum atomic E-state index is 13.8. The Bertz CT molecular complexity index is 413. The Labute approximate surface area is 114 Å². The van der Waals surface area contributed by atoms with Gasteiger partial charge < -0.3 is 5.32 Å². The van der Waals surface area contributed by atoms with Gasteiger partial charge in [-0.15, -0.1) is 0 Å². The number of rotatable bonds is 5. The lowest BCUT2D eigenvalue weighted by atomic mass is 9.65. The summed E-state index contributed by atoms with van der Waals surface area (Å²) in [7, 11) is 0. The highest BCUT2D eigenvalue weighted by Gasteiger charge is 2.37. The lowest BCUT2D eigenvalue weighted by Crippen LogP contribution is -2.43. The second-order valence-corrected chi connectivity index (χ2v) is 6.24. The van der Waals surface area contributed by atoms with Gasteiger partial charge >= 0.3 is 0 Å². The Kier molecular flexibility index (Phi) is 4.29. The number of benzene rings is 1. The third-order valence-electron chi connectivity index (χ3n) is 3.87. The molecule has 0 amide bonds. The zero-order valence-corrected chi connectivity index (χ0v) is 11.9. The van der Waals surface area contributed by atoms with Crippen LogP contribution in [0.3, 0.4) is 0 Å². The summed E-state index contributed by atoms with van der Waals surface area (Å²) in [5, 5.41) is 4.11. The second-order valence-electron chi connectivity index (χ2n) is 5.80. The molecule has 0 bridgehead atoms. The van der Waals surface area contributed by atoms with Crippen LogP contribution in [0.1, 0.15) is 38.7 Å². The summed E-state index contributed by atoms with van der Waals surface area (Å²) in [5.41, 5.74) is 0.989. The van der Waals surface area contributed by atoms with E-state index in [1.807, 2.05) is 0 Å². The molecule has 1 aromatic rings. The van der Waals surface area contributed by atoms with Crippen molar-refractivity contribution in [2.75, 3.05) is 6.54 Å². The van der Waals surface area contributed by atoms with E-state index in [0.29, 0.717) is 11.1 Å². The van der Waals surface area contributed by atoms with E-state index in [4.69, 9.17) is 11.6 Å². The molecule has 0 aromatic heterocycles. The van der Waals surface area contributed by atoms with Gasteiger partial charge in [0.1, 0.15) is 5.82 Å². The molecular formula is C15H21ClFN. The SMILES string of the molecule is CC(C)NCC1(Cc2cc(Cl)ccc2F)CCC1. The van der Waals surface area contributed by atoms with Gasteiger partial charge in [-0.2, -0.15) is 0 Å². The molecule has 1 aliphatic carbocycles. The first kappa shape index (κ1) is 13.8. The fourth-order valence-corrected chi connectivity index (χ4v) is 2.79. The van der Waals surface area contributed by atoms with E-state index in [0.717, 1.165) is 18.5 Å². The first-order chi connectivity index (χ1) is 8.51. The van der Waals surface area contributed by atoms with Crippen molar-refractivity contribution in [2.45, 2.75) is 45.6 Å². The Morgan fingerprint density at radius 1 is 1.39 bits per heavy atom. The quantitative estimate of drug-likeness (QED) is 0.845. The van der Waals surface area contributed by atoms with Crippen LogP contribution in [0.4, 0.5) is 4.39 Å². The predicted octanol–water partition coefficient (Wildman–Crippen LogP) is 4.19. The molecule has 2 rings (SSSR count). The molecule has 0 spiro atoms. The van der Waals surface area contributed by atoms with E-state index in [2.05, 4.69) is 19.2 Å². The van der Waals surface area contributed by atoms with Crippen molar-refractivity contribution in [3.05, 3.63) is 34.6 Å². The fraction of sp³-hybridized carbons (Fsp3) is 0.600. The highest BCUT2D eigenvalue weighted by Crippen LogP contribution is 2.43. The minimum absolute atomic E-state index is 0.129. The van der Waals surface area contributed by atoms with E-state index in [-0.39, 0.29) is 11.2 Å².